The summed E-state index contributed by atoms with van der Waals surface area (Å²) in [7, 11) is 1.78. The first kappa shape index (κ1) is 16.4. The van der Waals surface area contributed by atoms with Gasteiger partial charge in [-0.25, -0.2) is 13.8 Å². The number of aryl methyl sites for hydroxylation is 1. The van der Waals surface area contributed by atoms with E-state index in [0.717, 1.165) is 24.4 Å². The van der Waals surface area contributed by atoms with Gasteiger partial charge in [-0.15, -0.1) is 0 Å². The fourth-order valence-corrected chi connectivity index (χ4v) is 3.12. The molecule has 134 valence electrons. The third kappa shape index (κ3) is 2.85. The minimum absolute atomic E-state index is 0.0907. The van der Waals surface area contributed by atoms with Crippen LogP contribution in [0.4, 0.5) is 20.4 Å². The smallest absolute Gasteiger partial charge is 0.250 e. The maximum absolute atomic E-state index is 13.4. The molecule has 1 aliphatic rings. The van der Waals surface area contributed by atoms with Gasteiger partial charge in [0.1, 0.15) is 17.7 Å². The average molecular weight is 358 g/mol. The van der Waals surface area contributed by atoms with Crippen molar-refractivity contribution in [1.82, 2.24) is 19.7 Å². The van der Waals surface area contributed by atoms with Crippen molar-refractivity contribution in [2.24, 2.45) is 7.05 Å². The molecule has 1 N–H and O–H groups in total. The molecule has 1 saturated heterocycles. The second kappa shape index (κ2) is 6.32. The van der Waals surface area contributed by atoms with E-state index in [0.29, 0.717) is 18.8 Å². The van der Waals surface area contributed by atoms with E-state index in [9.17, 15) is 13.6 Å². The zero-order chi connectivity index (χ0) is 18.3. The highest BCUT2D eigenvalue weighted by Gasteiger charge is 2.31. The standard InChI is InChI=1S/C17H16F2N6O/c1-24-16(4-5-21-24)25-6-2-3-12(17(25)26)22-15-9-20-13-7-10(18)11(19)8-14(13)23-15/h4-5,7-9,12H,2-3,6H2,1H3,(H,22,23)/t12-/m1/s1. The van der Waals surface area contributed by atoms with Gasteiger partial charge in [0.2, 0.25) is 0 Å². The summed E-state index contributed by atoms with van der Waals surface area (Å²) < 4.78 is 28.3. The van der Waals surface area contributed by atoms with Crippen LogP contribution in [0.3, 0.4) is 0 Å². The topological polar surface area (TPSA) is 75.9 Å². The quantitative estimate of drug-likeness (QED) is 0.777. The number of fused-ring (bicyclic) bond motifs is 1. The van der Waals surface area contributed by atoms with Gasteiger partial charge in [0.25, 0.3) is 5.91 Å². The van der Waals surface area contributed by atoms with E-state index in [2.05, 4.69) is 20.4 Å². The number of carbonyl (C=O) groups is 1. The van der Waals surface area contributed by atoms with Crippen LogP contribution in [0.25, 0.3) is 11.0 Å². The number of benzene rings is 1. The molecule has 0 radical (unpaired) electrons. The summed E-state index contributed by atoms with van der Waals surface area (Å²) in [4.78, 5) is 22.8. The van der Waals surface area contributed by atoms with Crippen LogP contribution >= 0.6 is 0 Å². The first-order valence-corrected chi connectivity index (χ1v) is 8.20. The predicted molar refractivity (Wildman–Crippen MR) is 91.7 cm³/mol. The van der Waals surface area contributed by atoms with Crippen molar-refractivity contribution in [3.63, 3.8) is 0 Å². The first-order chi connectivity index (χ1) is 12.5. The van der Waals surface area contributed by atoms with Gasteiger partial charge in [-0.3, -0.25) is 19.4 Å². The lowest BCUT2D eigenvalue weighted by Crippen LogP contribution is -2.48. The molecule has 2 aromatic heterocycles. The Hall–Kier alpha value is -3.10. The van der Waals surface area contributed by atoms with Crippen LogP contribution in [0.1, 0.15) is 12.8 Å². The van der Waals surface area contributed by atoms with Gasteiger partial charge in [0.05, 0.1) is 23.4 Å². The van der Waals surface area contributed by atoms with Crippen LogP contribution < -0.4 is 10.2 Å². The number of nitrogens with zero attached hydrogens (tertiary/aromatic N) is 5. The number of rotatable bonds is 3. The Morgan fingerprint density at radius 1 is 1.23 bits per heavy atom. The molecular formula is C17H16F2N6O. The number of halogens is 2. The summed E-state index contributed by atoms with van der Waals surface area (Å²) in [5.74, 6) is -0.980. The zero-order valence-corrected chi connectivity index (χ0v) is 14.0. The number of anilines is 2. The molecule has 3 heterocycles. The lowest BCUT2D eigenvalue weighted by Gasteiger charge is -2.32. The average Bonchev–Trinajstić information content (AvgIpc) is 3.04. The highest BCUT2D eigenvalue weighted by molar-refractivity contribution is 5.98. The summed E-state index contributed by atoms with van der Waals surface area (Å²) in [5.41, 5.74) is 0.474. The molecule has 0 spiro atoms. The molecule has 0 unspecified atom stereocenters. The lowest BCUT2D eigenvalue weighted by atomic mass is 10.0. The minimum Gasteiger partial charge on any atom is -0.357 e. The van der Waals surface area contributed by atoms with E-state index in [1.54, 1.807) is 28.9 Å². The molecule has 0 bridgehead atoms. The fraction of sp³-hybridized carbons (Fsp3) is 0.294. The van der Waals surface area contributed by atoms with Crippen LogP contribution in [-0.2, 0) is 11.8 Å². The number of aromatic nitrogens is 4. The van der Waals surface area contributed by atoms with Crippen molar-refractivity contribution >= 4 is 28.6 Å². The third-order valence-corrected chi connectivity index (χ3v) is 4.42. The summed E-state index contributed by atoms with van der Waals surface area (Å²) in [6.45, 7) is 0.616. The predicted octanol–water partition coefficient (Wildman–Crippen LogP) is 2.25. The van der Waals surface area contributed by atoms with Gasteiger partial charge in [-0.1, -0.05) is 0 Å². The maximum atomic E-state index is 13.4. The van der Waals surface area contributed by atoms with E-state index in [-0.39, 0.29) is 16.9 Å². The number of nitrogens with one attached hydrogen (secondary N) is 1. The monoisotopic (exact) mass is 358 g/mol. The van der Waals surface area contributed by atoms with Crippen LogP contribution in [-0.4, -0.2) is 38.2 Å². The first-order valence-electron chi connectivity index (χ1n) is 8.20. The Balaban J connectivity index is 1.58. The summed E-state index contributed by atoms with van der Waals surface area (Å²) in [6, 6.07) is 3.30. The molecule has 1 fully saturated rings. The molecule has 0 aliphatic carbocycles. The molecule has 26 heavy (non-hydrogen) atoms. The number of piperidine rings is 1. The number of amides is 1. The van der Waals surface area contributed by atoms with Crippen molar-refractivity contribution in [3.8, 4) is 0 Å². The Morgan fingerprint density at radius 2 is 2.00 bits per heavy atom. The second-order valence-corrected chi connectivity index (χ2v) is 6.15. The molecule has 0 saturated carbocycles. The SMILES string of the molecule is Cn1nccc1N1CCC[C@@H](Nc2cnc3cc(F)c(F)cc3n2)C1=O. The lowest BCUT2D eigenvalue weighted by molar-refractivity contribution is -0.120. The van der Waals surface area contributed by atoms with Crippen LogP contribution in [0, 0.1) is 11.6 Å². The summed E-state index contributed by atoms with van der Waals surface area (Å²) >= 11 is 0. The molecule has 1 atom stereocenters. The Labute approximate surface area is 147 Å². The van der Waals surface area contributed by atoms with Gasteiger partial charge in [-0.05, 0) is 12.8 Å². The third-order valence-electron chi connectivity index (χ3n) is 4.42. The van der Waals surface area contributed by atoms with Gasteiger partial charge in [0.15, 0.2) is 11.6 Å². The Kier molecular flexibility index (Phi) is 3.98. The van der Waals surface area contributed by atoms with Crippen LogP contribution in [0.15, 0.2) is 30.6 Å². The maximum Gasteiger partial charge on any atom is 0.250 e. The van der Waals surface area contributed by atoms with Gasteiger partial charge in [0, 0.05) is 31.8 Å². The van der Waals surface area contributed by atoms with Gasteiger partial charge < -0.3 is 5.32 Å². The largest absolute Gasteiger partial charge is 0.357 e. The van der Waals surface area contributed by atoms with Crippen molar-refractivity contribution in [2.75, 3.05) is 16.8 Å². The van der Waals surface area contributed by atoms with E-state index < -0.39 is 17.7 Å². The van der Waals surface area contributed by atoms with Crippen LogP contribution in [0.5, 0.6) is 0 Å². The van der Waals surface area contributed by atoms with E-state index in [1.807, 2.05) is 0 Å². The fourth-order valence-electron chi connectivity index (χ4n) is 3.12. The number of hydrogen-bond donors (Lipinski definition) is 1. The van der Waals surface area contributed by atoms with Gasteiger partial charge in [-0.2, -0.15) is 5.10 Å². The van der Waals surface area contributed by atoms with E-state index in [1.165, 1.54) is 6.20 Å². The minimum atomic E-state index is -0.986. The highest BCUT2D eigenvalue weighted by atomic mass is 19.2. The van der Waals surface area contributed by atoms with E-state index >= 15 is 0 Å². The Morgan fingerprint density at radius 3 is 2.73 bits per heavy atom. The Bertz CT molecular complexity index is 989. The van der Waals surface area contributed by atoms with Crippen molar-refractivity contribution in [2.45, 2.75) is 18.9 Å². The highest BCUT2D eigenvalue weighted by Crippen LogP contribution is 2.23. The van der Waals surface area contributed by atoms with Crippen molar-refractivity contribution in [1.29, 1.82) is 0 Å². The van der Waals surface area contributed by atoms with Crippen molar-refractivity contribution in [3.05, 3.63) is 42.2 Å². The molecule has 1 amide bonds. The molecule has 7 nitrogen and oxygen atoms in total. The number of hydrogen-bond acceptors (Lipinski definition) is 5. The molecule has 3 aromatic rings. The summed E-state index contributed by atoms with van der Waals surface area (Å²) in [5, 5.41) is 7.16. The van der Waals surface area contributed by atoms with E-state index in [4.69, 9.17) is 0 Å². The zero-order valence-electron chi connectivity index (χ0n) is 14.0. The molecule has 1 aromatic carbocycles. The molecule has 4 rings (SSSR count). The molecule has 9 heteroatoms. The normalized spacial score (nSPS) is 17.7. The van der Waals surface area contributed by atoms with Gasteiger partial charge >= 0.3 is 0 Å². The number of carbonyl (C=O) groups excluding carboxylic acids is 1. The molecular weight excluding hydrogens is 342 g/mol. The second-order valence-electron chi connectivity index (χ2n) is 6.15. The van der Waals surface area contributed by atoms with Crippen molar-refractivity contribution < 1.29 is 13.6 Å². The van der Waals surface area contributed by atoms with Crippen LogP contribution in [0.2, 0.25) is 0 Å². The summed E-state index contributed by atoms with van der Waals surface area (Å²) in [6.07, 6.45) is 4.51. The molecule has 1 aliphatic heterocycles.